The molecular weight excluding hydrogens is 226 g/mol. The van der Waals surface area contributed by atoms with Crippen LogP contribution in [0.1, 0.15) is 41.0 Å². The molecule has 0 aromatic heterocycles. The molecule has 2 atom stereocenters. The largest absolute Gasteiger partial charge is 0.381 e. The van der Waals surface area contributed by atoms with Gasteiger partial charge in [0.05, 0.1) is 13.2 Å². The van der Waals surface area contributed by atoms with Crippen molar-refractivity contribution in [1.29, 1.82) is 0 Å². The van der Waals surface area contributed by atoms with Crippen molar-refractivity contribution >= 4 is 5.96 Å². The highest BCUT2D eigenvalue weighted by Crippen LogP contribution is 2.27. The Morgan fingerprint density at radius 1 is 1.39 bits per heavy atom. The molecule has 1 aliphatic heterocycles. The maximum Gasteiger partial charge on any atom is 0.191 e. The summed E-state index contributed by atoms with van der Waals surface area (Å²) in [6, 6.07) is 0.426. The minimum absolute atomic E-state index is 0.212. The molecule has 0 bridgehead atoms. The third-order valence-corrected chi connectivity index (χ3v) is 3.63. The molecule has 0 amide bonds. The first-order valence-electron chi connectivity index (χ1n) is 7.09. The summed E-state index contributed by atoms with van der Waals surface area (Å²) in [5, 5.41) is 6.76. The summed E-state index contributed by atoms with van der Waals surface area (Å²) < 4.78 is 5.46. The van der Waals surface area contributed by atoms with E-state index in [0.717, 1.165) is 38.7 Å². The van der Waals surface area contributed by atoms with Gasteiger partial charge in [-0.3, -0.25) is 4.99 Å². The smallest absolute Gasteiger partial charge is 0.191 e. The number of ether oxygens (including phenoxy) is 1. The van der Waals surface area contributed by atoms with Gasteiger partial charge in [-0.2, -0.15) is 0 Å². The lowest BCUT2D eigenvalue weighted by Gasteiger charge is -2.23. The fraction of sp³-hybridized carbons (Fsp3) is 0.929. The first-order chi connectivity index (χ1) is 8.47. The number of guanidine groups is 1. The highest BCUT2D eigenvalue weighted by molar-refractivity contribution is 5.80. The van der Waals surface area contributed by atoms with Crippen molar-refractivity contribution < 1.29 is 4.74 Å². The number of aliphatic imine (C=N–C) groups is 1. The van der Waals surface area contributed by atoms with Gasteiger partial charge in [0.25, 0.3) is 0 Å². The van der Waals surface area contributed by atoms with E-state index in [1.165, 1.54) is 0 Å². The van der Waals surface area contributed by atoms with Gasteiger partial charge in [-0.25, -0.2) is 0 Å². The quantitative estimate of drug-likeness (QED) is 0.583. The number of nitrogens with zero attached hydrogens (tertiary/aromatic N) is 1. The van der Waals surface area contributed by atoms with Gasteiger partial charge in [0.1, 0.15) is 0 Å². The Labute approximate surface area is 112 Å². The Hall–Kier alpha value is -0.770. The van der Waals surface area contributed by atoms with Crippen LogP contribution in [0.25, 0.3) is 0 Å². The van der Waals surface area contributed by atoms with Gasteiger partial charge in [-0.05, 0) is 26.2 Å². The van der Waals surface area contributed by atoms with E-state index in [1.807, 2.05) is 0 Å². The molecule has 1 aliphatic rings. The van der Waals surface area contributed by atoms with E-state index in [4.69, 9.17) is 9.73 Å². The lowest BCUT2D eigenvalue weighted by atomic mass is 9.90. The summed E-state index contributed by atoms with van der Waals surface area (Å²) in [5.41, 5.74) is 0.212. The van der Waals surface area contributed by atoms with Gasteiger partial charge < -0.3 is 15.4 Å². The zero-order valence-electron chi connectivity index (χ0n) is 12.5. The summed E-state index contributed by atoms with van der Waals surface area (Å²) in [6.07, 6.45) is 1.11. The normalized spacial score (nSPS) is 26.4. The van der Waals surface area contributed by atoms with Crippen LogP contribution in [0.3, 0.4) is 0 Å². The van der Waals surface area contributed by atoms with Crippen molar-refractivity contribution in [3.8, 4) is 0 Å². The van der Waals surface area contributed by atoms with Crippen molar-refractivity contribution in [3.63, 3.8) is 0 Å². The van der Waals surface area contributed by atoms with Gasteiger partial charge in [0.15, 0.2) is 5.96 Å². The molecule has 0 aromatic carbocycles. The zero-order valence-corrected chi connectivity index (χ0v) is 12.5. The second kappa shape index (κ2) is 6.98. The Bertz CT molecular complexity index is 270. The first kappa shape index (κ1) is 15.3. The van der Waals surface area contributed by atoms with Crippen molar-refractivity contribution in [2.24, 2.45) is 16.3 Å². The molecule has 0 radical (unpaired) electrons. The van der Waals surface area contributed by atoms with Gasteiger partial charge in [-0.15, -0.1) is 0 Å². The van der Waals surface area contributed by atoms with E-state index >= 15 is 0 Å². The Kier molecular flexibility index (Phi) is 5.93. The van der Waals surface area contributed by atoms with Crippen LogP contribution >= 0.6 is 0 Å². The van der Waals surface area contributed by atoms with E-state index in [9.17, 15) is 0 Å². The Morgan fingerprint density at radius 2 is 2.11 bits per heavy atom. The molecule has 18 heavy (non-hydrogen) atoms. The highest BCUT2D eigenvalue weighted by Gasteiger charge is 2.29. The lowest BCUT2D eigenvalue weighted by molar-refractivity contribution is 0.163. The molecule has 106 valence electrons. The molecule has 4 heteroatoms. The van der Waals surface area contributed by atoms with Crippen LogP contribution in [-0.4, -0.2) is 38.3 Å². The molecule has 0 spiro atoms. The molecule has 2 N–H and O–H groups in total. The standard InChI is InChI=1S/C14H29N3O/c1-6-15-13(17-12(4)11(2)3)16-9-14(5)7-8-18-10-14/h11-12H,6-10H2,1-5H3,(H2,15,16,17). The third-order valence-electron chi connectivity index (χ3n) is 3.63. The summed E-state index contributed by atoms with van der Waals surface area (Å²) in [5.74, 6) is 1.52. The maximum absolute atomic E-state index is 5.46. The molecule has 1 saturated heterocycles. The van der Waals surface area contributed by atoms with Gasteiger partial charge in [-0.1, -0.05) is 20.8 Å². The van der Waals surface area contributed by atoms with Gasteiger partial charge in [0, 0.05) is 24.6 Å². The lowest BCUT2D eigenvalue weighted by Crippen LogP contribution is -2.44. The number of rotatable bonds is 5. The van der Waals surface area contributed by atoms with Crippen LogP contribution in [0.5, 0.6) is 0 Å². The minimum atomic E-state index is 0.212. The zero-order chi connectivity index (χ0) is 13.6. The molecule has 1 fully saturated rings. The van der Waals surface area contributed by atoms with E-state index in [-0.39, 0.29) is 5.41 Å². The molecule has 0 saturated carbocycles. The van der Waals surface area contributed by atoms with E-state index in [2.05, 4.69) is 45.3 Å². The van der Waals surface area contributed by atoms with Crippen LogP contribution in [0.4, 0.5) is 0 Å². The predicted molar refractivity (Wildman–Crippen MR) is 77.0 cm³/mol. The van der Waals surface area contributed by atoms with Crippen LogP contribution in [-0.2, 0) is 4.74 Å². The van der Waals surface area contributed by atoms with Crippen LogP contribution in [0.15, 0.2) is 4.99 Å². The first-order valence-corrected chi connectivity index (χ1v) is 7.09. The fourth-order valence-electron chi connectivity index (χ4n) is 1.81. The second-order valence-electron chi connectivity index (χ2n) is 5.99. The summed E-state index contributed by atoms with van der Waals surface area (Å²) in [4.78, 5) is 4.70. The molecule has 1 heterocycles. The average molecular weight is 255 g/mol. The average Bonchev–Trinajstić information content (AvgIpc) is 2.74. The number of hydrogen-bond donors (Lipinski definition) is 2. The van der Waals surface area contributed by atoms with Crippen LogP contribution in [0, 0.1) is 11.3 Å². The molecule has 0 aliphatic carbocycles. The molecule has 4 nitrogen and oxygen atoms in total. The predicted octanol–water partition coefficient (Wildman–Crippen LogP) is 2.01. The fourth-order valence-corrected chi connectivity index (χ4v) is 1.81. The monoisotopic (exact) mass is 255 g/mol. The number of nitrogens with one attached hydrogen (secondary N) is 2. The molecule has 1 rings (SSSR count). The highest BCUT2D eigenvalue weighted by atomic mass is 16.5. The second-order valence-corrected chi connectivity index (χ2v) is 5.99. The van der Waals surface area contributed by atoms with Crippen LogP contribution in [0.2, 0.25) is 0 Å². The van der Waals surface area contributed by atoms with Crippen molar-refractivity contribution in [2.75, 3.05) is 26.3 Å². The van der Waals surface area contributed by atoms with E-state index < -0.39 is 0 Å². The summed E-state index contributed by atoms with van der Waals surface area (Å²) >= 11 is 0. The molecule has 0 aromatic rings. The van der Waals surface area contributed by atoms with Crippen LogP contribution < -0.4 is 10.6 Å². The molecule has 2 unspecified atom stereocenters. The number of hydrogen-bond acceptors (Lipinski definition) is 2. The molecular formula is C14H29N3O. The third kappa shape index (κ3) is 4.84. The van der Waals surface area contributed by atoms with Crippen molar-refractivity contribution in [1.82, 2.24) is 10.6 Å². The maximum atomic E-state index is 5.46. The van der Waals surface area contributed by atoms with E-state index in [0.29, 0.717) is 12.0 Å². The topological polar surface area (TPSA) is 45.7 Å². The van der Waals surface area contributed by atoms with Crippen molar-refractivity contribution in [2.45, 2.75) is 47.1 Å². The SMILES string of the molecule is CCNC(=NCC1(C)CCOC1)NC(C)C(C)C. The van der Waals surface area contributed by atoms with Crippen molar-refractivity contribution in [3.05, 3.63) is 0 Å². The summed E-state index contributed by atoms with van der Waals surface area (Å²) in [7, 11) is 0. The van der Waals surface area contributed by atoms with E-state index in [1.54, 1.807) is 0 Å². The van der Waals surface area contributed by atoms with Gasteiger partial charge in [0.2, 0.25) is 0 Å². The minimum Gasteiger partial charge on any atom is -0.381 e. The Balaban J connectivity index is 2.54. The summed E-state index contributed by atoms with van der Waals surface area (Å²) in [6.45, 7) is 14.4. The van der Waals surface area contributed by atoms with Gasteiger partial charge >= 0.3 is 0 Å². The Morgan fingerprint density at radius 3 is 2.61 bits per heavy atom.